The number of hydrogen-bond donors (Lipinski definition) is 3. The van der Waals surface area contributed by atoms with Gasteiger partial charge in [0.25, 0.3) is 0 Å². The molecule has 0 amide bonds. The molecule has 7 heteroatoms. The van der Waals surface area contributed by atoms with Gasteiger partial charge in [0.2, 0.25) is 10.0 Å². The van der Waals surface area contributed by atoms with Crippen LogP contribution in [0.5, 0.6) is 0 Å². The van der Waals surface area contributed by atoms with Gasteiger partial charge in [0.15, 0.2) is 0 Å². The van der Waals surface area contributed by atoms with E-state index in [1.807, 2.05) is 6.92 Å². The van der Waals surface area contributed by atoms with Crippen LogP contribution in [0.1, 0.15) is 31.9 Å². The number of sulfonamides is 1. The van der Waals surface area contributed by atoms with Crippen molar-refractivity contribution in [3.8, 4) is 0 Å². The van der Waals surface area contributed by atoms with E-state index in [-0.39, 0.29) is 11.8 Å². The third kappa shape index (κ3) is 5.29. The van der Waals surface area contributed by atoms with Crippen LogP contribution in [-0.2, 0) is 10.0 Å². The minimum atomic E-state index is -3.22. The van der Waals surface area contributed by atoms with Crippen LogP contribution in [0.2, 0.25) is 0 Å². The summed E-state index contributed by atoms with van der Waals surface area (Å²) < 4.78 is 26.1. The lowest BCUT2D eigenvalue weighted by Crippen LogP contribution is -2.30. The van der Waals surface area contributed by atoms with Gasteiger partial charge < -0.3 is 5.32 Å². The zero-order chi connectivity index (χ0) is 12.7. The van der Waals surface area contributed by atoms with Crippen LogP contribution in [0, 0.1) is 0 Å². The van der Waals surface area contributed by atoms with E-state index in [4.69, 9.17) is 0 Å². The molecule has 0 fully saturated rings. The van der Waals surface area contributed by atoms with Crippen molar-refractivity contribution in [2.75, 3.05) is 18.8 Å². The predicted molar refractivity (Wildman–Crippen MR) is 67.1 cm³/mol. The quantitative estimate of drug-likeness (QED) is 0.590. The Balaban J connectivity index is 2.38. The second-order valence-corrected chi connectivity index (χ2v) is 5.77. The summed E-state index contributed by atoms with van der Waals surface area (Å²) in [7, 11) is -3.22. The van der Waals surface area contributed by atoms with E-state index in [2.05, 4.69) is 20.2 Å². The molecular weight excluding hydrogens is 240 g/mol. The molecule has 0 bridgehead atoms. The van der Waals surface area contributed by atoms with Crippen molar-refractivity contribution in [1.82, 2.24) is 20.2 Å². The van der Waals surface area contributed by atoms with Crippen molar-refractivity contribution in [3.63, 3.8) is 0 Å². The van der Waals surface area contributed by atoms with Gasteiger partial charge in [0.05, 0.1) is 11.9 Å². The summed E-state index contributed by atoms with van der Waals surface area (Å²) in [5.74, 6) is 0.141. The van der Waals surface area contributed by atoms with E-state index in [0.717, 1.165) is 18.7 Å². The summed E-state index contributed by atoms with van der Waals surface area (Å²) >= 11 is 0. The third-order valence-corrected chi connectivity index (χ3v) is 3.93. The highest BCUT2D eigenvalue weighted by atomic mass is 32.2. The lowest BCUT2D eigenvalue weighted by Gasteiger charge is -2.12. The highest BCUT2D eigenvalue weighted by Crippen LogP contribution is 2.10. The lowest BCUT2D eigenvalue weighted by atomic mass is 10.2. The molecule has 0 aliphatic heterocycles. The van der Waals surface area contributed by atoms with Gasteiger partial charge in [-0.05, 0) is 26.4 Å². The topological polar surface area (TPSA) is 86.9 Å². The number of aromatic amines is 1. The van der Waals surface area contributed by atoms with Crippen molar-refractivity contribution in [1.29, 1.82) is 0 Å². The maximum atomic E-state index is 11.7. The molecule has 0 saturated carbocycles. The molecule has 1 rings (SSSR count). The number of hydrogen-bond acceptors (Lipinski definition) is 4. The minimum absolute atomic E-state index is 0.141. The molecule has 0 aliphatic carbocycles. The average molecular weight is 260 g/mol. The van der Waals surface area contributed by atoms with Crippen LogP contribution in [0.4, 0.5) is 0 Å². The van der Waals surface area contributed by atoms with Crippen molar-refractivity contribution in [3.05, 3.63) is 18.0 Å². The van der Waals surface area contributed by atoms with Crippen LogP contribution in [0.25, 0.3) is 0 Å². The fourth-order valence-corrected chi connectivity index (χ4v) is 2.77. The summed E-state index contributed by atoms with van der Waals surface area (Å²) in [6.07, 6.45) is 3.92. The number of aromatic nitrogens is 2. The number of nitrogens with zero attached hydrogens (tertiary/aromatic N) is 1. The fraction of sp³-hybridized carbons (Fsp3) is 0.700. The molecule has 0 saturated heterocycles. The second-order valence-electron chi connectivity index (χ2n) is 3.90. The first-order valence-electron chi connectivity index (χ1n) is 5.74. The molecular formula is C10H20N4O2S. The van der Waals surface area contributed by atoms with Gasteiger partial charge >= 0.3 is 0 Å². The molecule has 17 heavy (non-hydrogen) atoms. The summed E-state index contributed by atoms with van der Waals surface area (Å²) in [5.41, 5.74) is 0.834. The summed E-state index contributed by atoms with van der Waals surface area (Å²) in [5, 5.41) is 9.55. The molecule has 0 aliphatic rings. The van der Waals surface area contributed by atoms with Crippen molar-refractivity contribution < 1.29 is 8.42 Å². The first kappa shape index (κ1) is 14.1. The van der Waals surface area contributed by atoms with Crippen molar-refractivity contribution in [2.24, 2.45) is 0 Å². The summed E-state index contributed by atoms with van der Waals surface area (Å²) in [4.78, 5) is 0. The largest absolute Gasteiger partial charge is 0.317 e. The smallest absolute Gasteiger partial charge is 0.212 e. The fourth-order valence-electron chi connectivity index (χ4n) is 1.46. The molecule has 1 atom stereocenters. The van der Waals surface area contributed by atoms with Crippen LogP contribution in [-0.4, -0.2) is 37.5 Å². The Bertz CT molecular complexity index is 402. The number of rotatable bonds is 8. The van der Waals surface area contributed by atoms with Gasteiger partial charge in [-0.15, -0.1) is 0 Å². The van der Waals surface area contributed by atoms with Gasteiger partial charge in [-0.25, -0.2) is 13.1 Å². The Morgan fingerprint density at radius 2 is 2.29 bits per heavy atom. The summed E-state index contributed by atoms with van der Waals surface area (Å²) in [6.45, 7) is 5.37. The Morgan fingerprint density at radius 1 is 1.53 bits per heavy atom. The van der Waals surface area contributed by atoms with E-state index < -0.39 is 10.0 Å². The molecule has 98 valence electrons. The first-order chi connectivity index (χ1) is 8.05. The zero-order valence-electron chi connectivity index (χ0n) is 10.2. The average Bonchev–Trinajstić information content (AvgIpc) is 2.77. The van der Waals surface area contributed by atoms with E-state index in [9.17, 15) is 8.42 Å². The van der Waals surface area contributed by atoms with Crippen LogP contribution in [0.15, 0.2) is 12.4 Å². The molecule has 1 aromatic heterocycles. The van der Waals surface area contributed by atoms with E-state index >= 15 is 0 Å². The Morgan fingerprint density at radius 3 is 2.88 bits per heavy atom. The van der Waals surface area contributed by atoms with Crippen LogP contribution >= 0.6 is 0 Å². The van der Waals surface area contributed by atoms with Gasteiger partial charge in [0.1, 0.15) is 0 Å². The zero-order valence-corrected chi connectivity index (χ0v) is 11.0. The minimum Gasteiger partial charge on any atom is -0.317 e. The molecule has 0 spiro atoms. The second kappa shape index (κ2) is 6.73. The lowest BCUT2D eigenvalue weighted by molar-refractivity contribution is 0.562. The van der Waals surface area contributed by atoms with Gasteiger partial charge in [0, 0.05) is 17.8 Å². The first-order valence-corrected chi connectivity index (χ1v) is 7.40. The van der Waals surface area contributed by atoms with Crippen molar-refractivity contribution in [2.45, 2.75) is 26.3 Å². The van der Waals surface area contributed by atoms with Gasteiger partial charge in [-0.2, -0.15) is 5.10 Å². The molecule has 0 radical (unpaired) electrons. The highest BCUT2D eigenvalue weighted by molar-refractivity contribution is 7.89. The molecule has 1 unspecified atom stereocenters. The van der Waals surface area contributed by atoms with Gasteiger partial charge in [-0.3, -0.25) is 5.10 Å². The summed E-state index contributed by atoms with van der Waals surface area (Å²) in [6, 6.07) is -0.252. The Hall–Kier alpha value is -0.920. The number of nitrogens with one attached hydrogen (secondary N) is 3. The highest BCUT2D eigenvalue weighted by Gasteiger charge is 2.15. The SMILES string of the molecule is CCNCCCS(=O)(=O)NC(C)c1cn[nH]c1. The Labute approximate surface area is 102 Å². The standard InChI is InChI=1S/C10H20N4O2S/c1-3-11-5-4-6-17(15,16)14-9(2)10-7-12-13-8-10/h7-9,11,14H,3-6H2,1-2H3,(H,12,13). The normalized spacial score (nSPS) is 13.8. The monoisotopic (exact) mass is 260 g/mol. The van der Waals surface area contributed by atoms with E-state index in [1.165, 1.54) is 0 Å². The molecule has 1 heterocycles. The predicted octanol–water partition coefficient (Wildman–Crippen LogP) is 0.390. The van der Waals surface area contributed by atoms with Crippen molar-refractivity contribution >= 4 is 10.0 Å². The molecule has 1 aromatic rings. The molecule has 6 nitrogen and oxygen atoms in total. The maximum Gasteiger partial charge on any atom is 0.212 e. The molecule has 3 N–H and O–H groups in total. The van der Waals surface area contributed by atoms with E-state index in [1.54, 1.807) is 19.3 Å². The van der Waals surface area contributed by atoms with Crippen LogP contribution in [0.3, 0.4) is 0 Å². The number of H-pyrrole nitrogens is 1. The third-order valence-electron chi connectivity index (χ3n) is 2.39. The maximum absolute atomic E-state index is 11.7. The van der Waals surface area contributed by atoms with Gasteiger partial charge in [-0.1, -0.05) is 6.92 Å². The molecule has 0 aromatic carbocycles. The van der Waals surface area contributed by atoms with Crippen LogP contribution < -0.4 is 10.0 Å². The Kier molecular flexibility index (Phi) is 5.60. The van der Waals surface area contributed by atoms with E-state index in [0.29, 0.717) is 6.42 Å².